The van der Waals surface area contributed by atoms with Crippen molar-refractivity contribution >= 4 is 28.8 Å². The average Bonchev–Trinajstić information content (AvgIpc) is 2.45. The zero-order valence-electron chi connectivity index (χ0n) is 6.99. The maximum atomic E-state index is 10.7. The summed E-state index contributed by atoms with van der Waals surface area (Å²) in [6.07, 6.45) is 0.716. The van der Waals surface area contributed by atoms with Crippen LogP contribution in [0.3, 0.4) is 0 Å². The summed E-state index contributed by atoms with van der Waals surface area (Å²) in [6, 6.07) is 5.46. The first kappa shape index (κ1) is 8.26. The number of carbonyl (C=O) groups excluding carboxylic acids is 1. The molecule has 1 aromatic heterocycles. The minimum absolute atomic E-state index is 0.392. The van der Waals surface area contributed by atoms with Gasteiger partial charge in [-0.2, -0.15) is 5.10 Å². The van der Waals surface area contributed by atoms with Gasteiger partial charge in [-0.3, -0.25) is 9.48 Å². The predicted molar refractivity (Wildman–Crippen MR) is 51.1 cm³/mol. The Labute approximate surface area is 79.9 Å². The van der Waals surface area contributed by atoms with Crippen LogP contribution in [0.4, 0.5) is 0 Å². The smallest absolute Gasteiger partial charge is 0.171 e. The number of aldehydes is 1. The molecule has 0 aliphatic rings. The normalized spacial score (nSPS) is 10.6. The summed E-state index contributed by atoms with van der Waals surface area (Å²) in [7, 11) is 1.78. The van der Waals surface area contributed by atoms with Crippen LogP contribution in [0.25, 0.3) is 10.9 Å². The molecule has 3 nitrogen and oxygen atoms in total. The Kier molecular flexibility index (Phi) is 1.81. The Morgan fingerprint density at radius 3 is 3.00 bits per heavy atom. The van der Waals surface area contributed by atoms with Crippen LogP contribution >= 0.6 is 11.6 Å². The van der Waals surface area contributed by atoms with Crippen LogP contribution in [0, 0.1) is 0 Å². The van der Waals surface area contributed by atoms with Gasteiger partial charge in [0.05, 0.1) is 10.5 Å². The highest BCUT2D eigenvalue weighted by Crippen LogP contribution is 2.24. The third-order valence-corrected chi connectivity index (χ3v) is 2.28. The first-order valence-corrected chi connectivity index (χ1v) is 4.18. The van der Waals surface area contributed by atoms with Gasteiger partial charge in [-0.25, -0.2) is 0 Å². The number of fused-ring (bicyclic) bond motifs is 1. The third kappa shape index (κ3) is 1.12. The SMILES string of the molecule is Cn1nc(C=O)c2c(Cl)cccc21. The van der Waals surface area contributed by atoms with Gasteiger partial charge in [-0.15, -0.1) is 0 Å². The number of carbonyl (C=O) groups is 1. The third-order valence-electron chi connectivity index (χ3n) is 1.97. The van der Waals surface area contributed by atoms with E-state index in [2.05, 4.69) is 5.10 Å². The molecule has 2 rings (SSSR count). The van der Waals surface area contributed by atoms with E-state index < -0.39 is 0 Å². The van der Waals surface area contributed by atoms with Crippen molar-refractivity contribution in [2.75, 3.05) is 0 Å². The number of halogens is 1. The summed E-state index contributed by atoms with van der Waals surface area (Å²) < 4.78 is 1.64. The Morgan fingerprint density at radius 1 is 1.54 bits per heavy atom. The topological polar surface area (TPSA) is 34.9 Å². The van der Waals surface area contributed by atoms with E-state index in [0.717, 1.165) is 10.9 Å². The van der Waals surface area contributed by atoms with E-state index in [4.69, 9.17) is 11.6 Å². The van der Waals surface area contributed by atoms with Crippen LogP contribution in [0.1, 0.15) is 10.5 Å². The van der Waals surface area contributed by atoms with Crippen molar-refractivity contribution in [3.8, 4) is 0 Å². The van der Waals surface area contributed by atoms with Gasteiger partial charge in [0.2, 0.25) is 0 Å². The molecular formula is C9H7ClN2O. The molecule has 0 N–H and O–H groups in total. The van der Waals surface area contributed by atoms with Gasteiger partial charge in [0.25, 0.3) is 0 Å². The van der Waals surface area contributed by atoms with E-state index in [0.29, 0.717) is 17.0 Å². The molecule has 4 heteroatoms. The first-order valence-electron chi connectivity index (χ1n) is 3.80. The van der Waals surface area contributed by atoms with Gasteiger partial charge < -0.3 is 0 Å². The van der Waals surface area contributed by atoms with Gasteiger partial charge >= 0.3 is 0 Å². The highest BCUT2D eigenvalue weighted by molar-refractivity contribution is 6.36. The zero-order chi connectivity index (χ0) is 9.42. The number of nitrogens with zero attached hydrogens (tertiary/aromatic N) is 2. The number of aromatic nitrogens is 2. The second-order valence-electron chi connectivity index (χ2n) is 2.76. The molecule has 0 bridgehead atoms. The van der Waals surface area contributed by atoms with Crippen LogP contribution < -0.4 is 0 Å². The first-order chi connectivity index (χ1) is 6.24. The molecule has 0 unspecified atom stereocenters. The lowest BCUT2D eigenvalue weighted by Gasteiger charge is -1.93. The van der Waals surface area contributed by atoms with Crippen molar-refractivity contribution in [2.24, 2.45) is 7.05 Å². The van der Waals surface area contributed by atoms with Crippen LogP contribution in [0.5, 0.6) is 0 Å². The van der Waals surface area contributed by atoms with E-state index in [1.807, 2.05) is 12.1 Å². The average molecular weight is 195 g/mol. The Bertz CT molecular complexity index is 476. The fraction of sp³-hybridized carbons (Fsp3) is 0.111. The molecule has 0 amide bonds. The van der Waals surface area contributed by atoms with E-state index in [-0.39, 0.29) is 0 Å². The van der Waals surface area contributed by atoms with Gasteiger partial charge in [0, 0.05) is 12.4 Å². The highest BCUT2D eigenvalue weighted by atomic mass is 35.5. The second kappa shape index (κ2) is 2.85. The molecule has 0 saturated carbocycles. The zero-order valence-corrected chi connectivity index (χ0v) is 7.75. The largest absolute Gasteiger partial charge is 0.296 e. The van der Waals surface area contributed by atoms with Gasteiger partial charge in [0.15, 0.2) is 6.29 Å². The van der Waals surface area contributed by atoms with Crippen LogP contribution in [-0.2, 0) is 7.05 Å². The summed E-state index contributed by atoms with van der Waals surface area (Å²) in [5.41, 5.74) is 1.26. The van der Waals surface area contributed by atoms with Crippen molar-refractivity contribution in [3.05, 3.63) is 28.9 Å². The van der Waals surface area contributed by atoms with E-state index >= 15 is 0 Å². The number of rotatable bonds is 1. The minimum Gasteiger partial charge on any atom is -0.296 e. The molecular weight excluding hydrogens is 188 g/mol. The predicted octanol–water partition coefficient (Wildman–Crippen LogP) is 2.04. The molecule has 0 aliphatic heterocycles. The number of benzene rings is 1. The Hall–Kier alpha value is -1.35. The van der Waals surface area contributed by atoms with E-state index in [9.17, 15) is 4.79 Å². The standard InChI is InChI=1S/C9H7ClN2O/c1-12-8-4-2-3-6(10)9(8)7(5-13)11-12/h2-5H,1H3. The van der Waals surface area contributed by atoms with Gasteiger partial charge in [0.1, 0.15) is 5.69 Å². The summed E-state index contributed by atoms with van der Waals surface area (Å²) >= 11 is 5.94. The lowest BCUT2D eigenvalue weighted by Crippen LogP contribution is -1.90. The van der Waals surface area contributed by atoms with E-state index in [1.165, 1.54) is 0 Å². The fourth-order valence-corrected chi connectivity index (χ4v) is 1.65. The molecule has 1 heterocycles. The monoisotopic (exact) mass is 194 g/mol. The number of hydrogen-bond donors (Lipinski definition) is 0. The molecule has 0 spiro atoms. The van der Waals surface area contributed by atoms with Crippen LogP contribution in [0.2, 0.25) is 5.02 Å². The van der Waals surface area contributed by atoms with Crippen molar-refractivity contribution in [1.82, 2.24) is 9.78 Å². The van der Waals surface area contributed by atoms with Gasteiger partial charge in [-0.1, -0.05) is 17.7 Å². The molecule has 13 heavy (non-hydrogen) atoms. The Morgan fingerprint density at radius 2 is 2.31 bits per heavy atom. The molecule has 1 aromatic carbocycles. The summed E-state index contributed by atoms with van der Waals surface area (Å²) in [5.74, 6) is 0. The number of aryl methyl sites for hydroxylation is 1. The fourth-order valence-electron chi connectivity index (χ4n) is 1.38. The van der Waals surface area contributed by atoms with Gasteiger partial charge in [-0.05, 0) is 12.1 Å². The summed E-state index contributed by atoms with van der Waals surface area (Å²) in [5, 5.41) is 5.32. The molecule has 0 saturated heterocycles. The lowest BCUT2D eigenvalue weighted by molar-refractivity contribution is 0.112. The summed E-state index contributed by atoms with van der Waals surface area (Å²) in [4.78, 5) is 10.7. The van der Waals surface area contributed by atoms with Crippen molar-refractivity contribution in [2.45, 2.75) is 0 Å². The molecule has 2 aromatic rings. The molecule has 66 valence electrons. The van der Waals surface area contributed by atoms with E-state index in [1.54, 1.807) is 17.8 Å². The number of hydrogen-bond acceptors (Lipinski definition) is 2. The molecule has 0 aliphatic carbocycles. The second-order valence-corrected chi connectivity index (χ2v) is 3.17. The highest BCUT2D eigenvalue weighted by Gasteiger charge is 2.09. The van der Waals surface area contributed by atoms with Crippen LogP contribution in [-0.4, -0.2) is 16.1 Å². The van der Waals surface area contributed by atoms with Crippen LogP contribution in [0.15, 0.2) is 18.2 Å². The maximum Gasteiger partial charge on any atom is 0.171 e. The van der Waals surface area contributed by atoms with Crippen molar-refractivity contribution in [1.29, 1.82) is 0 Å². The van der Waals surface area contributed by atoms with Crippen molar-refractivity contribution in [3.63, 3.8) is 0 Å². The lowest BCUT2D eigenvalue weighted by atomic mass is 10.2. The minimum atomic E-state index is 0.392. The molecule has 0 radical (unpaired) electrons. The Balaban J connectivity index is 2.96. The summed E-state index contributed by atoms with van der Waals surface area (Å²) in [6.45, 7) is 0. The maximum absolute atomic E-state index is 10.7. The van der Waals surface area contributed by atoms with Crippen molar-refractivity contribution < 1.29 is 4.79 Å². The molecule has 0 fully saturated rings. The molecule has 0 atom stereocenters. The quantitative estimate of drug-likeness (QED) is 0.652.